The first-order chi connectivity index (χ1) is 8.27. The molecule has 6 heteroatoms. The van der Waals surface area contributed by atoms with E-state index in [1.807, 2.05) is 30.3 Å². The summed E-state index contributed by atoms with van der Waals surface area (Å²) in [6.45, 7) is 0. The van der Waals surface area contributed by atoms with Crippen LogP contribution in [0.3, 0.4) is 0 Å². The molecule has 84 valence electrons. The fraction of sp³-hybridized carbons (Fsp3) is 0. The van der Waals surface area contributed by atoms with Crippen molar-refractivity contribution in [2.24, 2.45) is 0 Å². The standard InChI is InChI=1S/C11H9N5S/c12-9-8-10(14-6-13-8)15-11(17)16(9)7-4-2-1-3-5-7/h1-6H,12H2,(H,13,14,15,17). The highest BCUT2D eigenvalue weighted by Gasteiger charge is 2.09. The third kappa shape index (κ3) is 1.50. The van der Waals surface area contributed by atoms with E-state index in [0.717, 1.165) is 5.69 Å². The van der Waals surface area contributed by atoms with E-state index in [1.54, 1.807) is 10.9 Å². The molecule has 0 aliphatic heterocycles. The van der Waals surface area contributed by atoms with Crippen LogP contribution < -0.4 is 5.73 Å². The number of anilines is 1. The summed E-state index contributed by atoms with van der Waals surface area (Å²) in [5, 5.41) is 0. The molecule has 17 heavy (non-hydrogen) atoms. The maximum atomic E-state index is 6.08. The van der Waals surface area contributed by atoms with Crippen molar-refractivity contribution >= 4 is 29.2 Å². The number of nitrogens with zero attached hydrogens (tertiary/aromatic N) is 3. The molecule has 0 bridgehead atoms. The van der Waals surface area contributed by atoms with Crippen LogP contribution >= 0.6 is 12.2 Å². The number of nitrogen functional groups attached to an aromatic ring is 1. The van der Waals surface area contributed by atoms with Crippen molar-refractivity contribution in [2.75, 3.05) is 5.73 Å². The molecule has 0 aliphatic carbocycles. The van der Waals surface area contributed by atoms with Gasteiger partial charge in [-0.25, -0.2) is 4.98 Å². The van der Waals surface area contributed by atoms with Crippen molar-refractivity contribution in [3.05, 3.63) is 41.4 Å². The van der Waals surface area contributed by atoms with Crippen molar-refractivity contribution in [3.8, 4) is 5.69 Å². The van der Waals surface area contributed by atoms with Crippen LogP contribution in [0.1, 0.15) is 0 Å². The minimum atomic E-state index is 0.397. The zero-order valence-corrected chi connectivity index (χ0v) is 9.61. The van der Waals surface area contributed by atoms with E-state index >= 15 is 0 Å². The molecule has 3 aromatic rings. The highest BCUT2D eigenvalue weighted by molar-refractivity contribution is 7.71. The van der Waals surface area contributed by atoms with Gasteiger partial charge in [0.25, 0.3) is 0 Å². The number of hydrogen-bond acceptors (Lipinski definition) is 4. The Hall–Kier alpha value is -2.21. The first-order valence-electron chi connectivity index (χ1n) is 5.04. The monoisotopic (exact) mass is 243 g/mol. The summed E-state index contributed by atoms with van der Waals surface area (Å²) in [7, 11) is 0. The Kier molecular flexibility index (Phi) is 2.15. The molecular weight excluding hydrogens is 234 g/mol. The van der Waals surface area contributed by atoms with Gasteiger partial charge < -0.3 is 10.7 Å². The van der Waals surface area contributed by atoms with Crippen LogP contribution in [-0.4, -0.2) is 19.5 Å². The van der Waals surface area contributed by atoms with E-state index in [9.17, 15) is 0 Å². The molecule has 0 atom stereocenters. The molecule has 0 fully saturated rings. The Morgan fingerprint density at radius 3 is 2.76 bits per heavy atom. The maximum Gasteiger partial charge on any atom is 0.207 e. The first-order valence-corrected chi connectivity index (χ1v) is 5.45. The van der Waals surface area contributed by atoms with Gasteiger partial charge in [-0.3, -0.25) is 4.57 Å². The van der Waals surface area contributed by atoms with Crippen molar-refractivity contribution in [3.63, 3.8) is 0 Å². The number of aromatic amines is 1. The molecule has 0 aliphatic rings. The van der Waals surface area contributed by atoms with E-state index in [2.05, 4.69) is 15.0 Å². The SMILES string of the molecule is Nc1c2[nH]cnc2nc(=S)n1-c1ccccc1. The molecule has 5 nitrogen and oxygen atoms in total. The van der Waals surface area contributed by atoms with Crippen molar-refractivity contribution in [2.45, 2.75) is 0 Å². The second kappa shape index (κ2) is 3.67. The van der Waals surface area contributed by atoms with Gasteiger partial charge in [0.2, 0.25) is 4.77 Å². The number of hydrogen-bond donors (Lipinski definition) is 2. The summed E-state index contributed by atoms with van der Waals surface area (Å²) in [5.74, 6) is 0.517. The fourth-order valence-electron chi connectivity index (χ4n) is 1.74. The van der Waals surface area contributed by atoms with Crippen molar-refractivity contribution in [1.29, 1.82) is 0 Å². The topological polar surface area (TPSA) is 72.5 Å². The first kappa shape index (κ1) is 9.98. The number of H-pyrrole nitrogens is 1. The number of imidazole rings is 1. The molecule has 0 saturated carbocycles. The predicted octanol–water partition coefficient (Wildman–Crippen LogP) is 2.06. The molecule has 0 unspecified atom stereocenters. The van der Waals surface area contributed by atoms with E-state index in [1.165, 1.54) is 0 Å². The Morgan fingerprint density at radius 2 is 2.00 bits per heavy atom. The van der Waals surface area contributed by atoms with Gasteiger partial charge in [0, 0.05) is 5.69 Å². The van der Waals surface area contributed by atoms with Crippen LogP contribution in [0, 0.1) is 4.77 Å². The van der Waals surface area contributed by atoms with Crippen molar-refractivity contribution < 1.29 is 0 Å². The van der Waals surface area contributed by atoms with Gasteiger partial charge in [-0.15, -0.1) is 0 Å². The maximum absolute atomic E-state index is 6.08. The Bertz CT molecular complexity index is 728. The van der Waals surface area contributed by atoms with Crippen LogP contribution in [-0.2, 0) is 0 Å². The predicted molar refractivity (Wildman–Crippen MR) is 68.5 cm³/mol. The van der Waals surface area contributed by atoms with Gasteiger partial charge in [0.1, 0.15) is 11.3 Å². The minimum absolute atomic E-state index is 0.397. The number of nitrogens with two attached hydrogens (primary N) is 1. The third-order valence-corrected chi connectivity index (χ3v) is 2.80. The Morgan fingerprint density at radius 1 is 1.24 bits per heavy atom. The van der Waals surface area contributed by atoms with Crippen LogP contribution in [0.15, 0.2) is 36.7 Å². The largest absolute Gasteiger partial charge is 0.383 e. The molecule has 3 N–H and O–H groups in total. The Balaban J connectivity index is 2.40. The lowest BCUT2D eigenvalue weighted by molar-refractivity contribution is 0.988. The number of benzene rings is 1. The zero-order chi connectivity index (χ0) is 11.8. The van der Waals surface area contributed by atoms with Gasteiger partial charge in [-0.2, -0.15) is 4.98 Å². The molecular formula is C11H9N5S. The third-order valence-electron chi connectivity index (χ3n) is 2.52. The van der Waals surface area contributed by atoms with Crippen molar-refractivity contribution in [1.82, 2.24) is 19.5 Å². The highest BCUT2D eigenvalue weighted by atomic mass is 32.1. The summed E-state index contributed by atoms with van der Waals surface area (Å²) in [6.07, 6.45) is 1.55. The second-order valence-corrected chi connectivity index (χ2v) is 3.92. The number of para-hydroxylation sites is 1. The number of aromatic nitrogens is 4. The molecule has 2 aromatic heterocycles. The summed E-state index contributed by atoms with van der Waals surface area (Å²) < 4.78 is 2.11. The summed E-state index contributed by atoms with van der Waals surface area (Å²) in [6, 6.07) is 9.64. The Labute approximate surface area is 102 Å². The smallest absolute Gasteiger partial charge is 0.207 e. The normalized spacial score (nSPS) is 10.8. The van der Waals surface area contributed by atoms with Crippen LogP contribution in [0.2, 0.25) is 0 Å². The number of nitrogens with one attached hydrogen (secondary N) is 1. The second-order valence-electron chi connectivity index (χ2n) is 3.55. The number of fused-ring (bicyclic) bond motifs is 1. The van der Waals surface area contributed by atoms with Gasteiger partial charge in [0.15, 0.2) is 5.65 Å². The van der Waals surface area contributed by atoms with E-state index in [4.69, 9.17) is 18.0 Å². The molecule has 0 radical (unpaired) electrons. The van der Waals surface area contributed by atoms with E-state index in [0.29, 0.717) is 21.8 Å². The van der Waals surface area contributed by atoms with Gasteiger partial charge >= 0.3 is 0 Å². The minimum Gasteiger partial charge on any atom is -0.383 e. The molecule has 0 saturated heterocycles. The van der Waals surface area contributed by atoms with Gasteiger partial charge in [0.05, 0.1) is 6.33 Å². The molecule has 3 rings (SSSR count). The lowest BCUT2D eigenvalue weighted by Gasteiger charge is -2.10. The number of rotatable bonds is 1. The average molecular weight is 243 g/mol. The zero-order valence-electron chi connectivity index (χ0n) is 8.79. The highest BCUT2D eigenvalue weighted by Crippen LogP contribution is 2.20. The molecule has 1 aromatic carbocycles. The van der Waals surface area contributed by atoms with Crippen LogP contribution in [0.25, 0.3) is 16.9 Å². The molecule has 0 spiro atoms. The fourth-order valence-corrected chi connectivity index (χ4v) is 2.03. The summed E-state index contributed by atoms with van der Waals surface area (Å²) >= 11 is 5.23. The van der Waals surface area contributed by atoms with E-state index < -0.39 is 0 Å². The van der Waals surface area contributed by atoms with Gasteiger partial charge in [-0.1, -0.05) is 18.2 Å². The molecule has 0 amide bonds. The van der Waals surface area contributed by atoms with Crippen LogP contribution in [0.4, 0.5) is 5.82 Å². The van der Waals surface area contributed by atoms with Crippen LogP contribution in [0.5, 0.6) is 0 Å². The lowest BCUT2D eigenvalue weighted by Crippen LogP contribution is -2.07. The molecule has 2 heterocycles. The van der Waals surface area contributed by atoms with E-state index in [-0.39, 0.29) is 0 Å². The van der Waals surface area contributed by atoms with Gasteiger partial charge in [-0.05, 0) is 24.4 Å². The quantitative estimate of drug-likeness (QED) is 0.642. The lowest BCUT2D eigenvalue weighted by atomic mass is 10.3. The summed E-state index contributed by atoms with van der Waals surface area (Å²) in [4.78, 5) is 11.2. The average Bonchev–Trinajstić information content (AvgIpc) is 2.78. The summed E-state index contributed by atoms with van der Waals surface area (Å²) in [5.41, 5.74) is 8.21.